The van der Waals surface area contributed by atoms with Gasteiger partial charge in [0.2, 0.25) is 0 Å². The molecule has 0 spiro atoms. The summed E-state index contributed by atoms with van der Waals surface area (Å²) in [4.78, 5) is 18.4. The molecule has 23 heavy (non-hydrogen) atoms. The Hall–Kier alpha value is -3.46. The predicted molar refractivity (Wildman–Crippen MR) is 80.6 cm³/mol. The third kappa shape index (κ3) is 2.68. The zero-order valence-corrected chi connectivity index (χ0v) is 11.7. The number of aromatic carboxylic acids is 1. The van der Waals surface area contributed by atoms with Gasteiger partial charge in [-0.05, 0) is 29.3 Å². The minimum Gasteiger partial charge on any atom is -0.478 e. The Morgan fingerprint density at radius 1 is 1.26 bits per heavy atom. The number of rotatable bonds is 3. The molecule has 0 unspecified atom stereocenters. The number of furan rings is 1. The Balaban J connectivity index is 2.10. The van der Waals surface area contributed by atoms with Crippen molar-refractivity contribution < 1.29 is 18.7 Å². The largest absolute Gasteiger partial charge is 0.478 e. The second-order valence-corrected chi connectivity index (χ2v) is 4.71. The molecule has 0 aliphatic rings. The van der Waals surface area contributed by atoms with Gasteiger partial charge < -0.3 is 9.52 Å². The van der Waals surface area contributed by atoms with Gasteiger partial charge in [0.15, 0.2) is 11.5 Å². The molecule has 0 saturated heterocycles. The highest BCUT2D eigenvalue weighted by molar-refractivity contribution is 5.89. The number of carboxylic acid groups (broad SMARTS) is 1. The predicted octanol–water partition coefficient (Wildman–Crippen LogP) is 4.40. The average molecular weight is 308 g/mol. The van der Waals surface area contributed by atoms with Crippen LogP contribution in [0.3, 0.4) is 0 Å². The fourth-order valence-electron chi connectivity index (χ4n) is 2.21. The molecule has 6 heteroatoms. The van der Waals surface area contributed by atoms with E-state index in [1.165, 1.54) is 12.5 Å². The van der Waals surface area contributed by atoms with Gasteiger partial charge in [0, 0.05) is 5.56 Å². The third-order valence-corrected chi connectivity index (χ3v) is 3.33. The quantitative estimate of drug-likeness (QED) is 0.728. The molecule has 2 aromatic heterocycles. The van der Waals surface area contributed by atoms with Crippen LogP contribution in [0.1, 0.15) is 10.4 Å². The Morgan fingerprint density at radius 2 is 2.09 bits per heavy atom. The fourth-order valence-corrected chi connectivity index (χ4v) is 2.21. The number of nitrogens with zero attached hydrogens (tertiary/aromatic N) is 2. The van der Waals surface area contributed by atoms with Gasteiger partial charge in [-0.25, -0.2) is 14.0 Å². The van der Waals surface area contributed by atoms with Crippen LogP contribution in [-0.4, -0.2) is 16.1 Å². The van der Waals surface area contributed by atoms with Crippen molar-refractivity contribution in [3.8, 4) is 22.4 Å². The molecular weight excluding hydrogens is 299 g/mol. The fraction of sp³-hybridized carbons (Fsp3) is 0. The summed E-state index contributed by atoms with van der Waals surface area (Å²) in [6, 6.07) is 7.89. The summed E-state index contributed by atoms with van der Waals surface area (Å²) < 4.78 is 18.4. The first-order valence-electron chi connectivity index (χ1n) is 6.53. The van der Waals surface area contributed by atoms with Crippen molar-refractivity contribution in [1.29, 1.82) is 0 Å². The van der Waals surface area contributed by atoms with Crippen LogP contribution in [0.15, 0.2) is 53.5 Å². The van der Waals surface area contributed by atoms with Gasteiger partial charge >= 0.3 is 5.97 Å². The molecule has 0 fully saturated rings. The maximum Gasteiger partial charge on any atom is 0.338 e. The smallest absolute Gasteiger partial charge is 0.338 e. The van der Waals surface area contributed by atoms with E-state index in [1.807, 2.05) is 0 Å². The lowest BCUT2D eigenvalue weighted by Crippen LogP contribution is -2.02. The van der Waals surface area contributed by atoms with Crippen LogP contribution in [0.2, 0.25) is 0 Å². The summed E-state index contributed by atoms with van der Waals surface area (Å²) in [5, 5.41) is 8.98. The van der Waals surface area contributed by atoms with E-state index in [1.54, 1.807) is 24.3 Å². The second-order valence-electron chi connectivity index (χ2n) is 4.71. The van der Waals surface area contributed by atoms with Crippen LogP contribution in [0.25, 0.3) is 27.2 Å². The van der Waals surface area contributed by atoms with Crippen LogP contribution < -0.4 is 0 Å². The second kappa shape index (κ2) is 5.73. The molecule has 0 radical (unpaired) electrons. The van der Waals surface area contributed by atoms with Crippen molar-refractivity contribution in [2.45, 2.75) is 0 Å². The number of carbonyl (C=O) groups is 1. The van der Waals surface area contributed by atoms with E-state index in [4.69, 9.17) is 16.1 Å². The van der Waals surface area contributed by atoms with Crippen molar-refractivity contribution in [3.63, 3.8) is 0 Å². The molecule has 5 nitrogen and oxygen atoms in total. The van der Waals surface area contributed by atoms with Crippen molar-refractivity contribution >= 4 is 11.7 Å². The number of pyridine rings is 1. The van der Waals surface area contributed by atoms with Crippen LogP contribution in [0, 0.1) is 12.4 Å². The Bertz CT molecular complexity index is 928. The zero-order chi connectivity index (χ0) is 16.4. The van der Waals surface area contributed by atoms with Crippen molar-refractivity contribution in [3.05, 3.63) is 71.9 Å². The van der Waals surface area contributed by atoms with Crippen molar-refractivity contribution in [2.75, 3.05) is 0 Å². The van der Waals surface area contributed by atoms with Crippen LogP contribution in [0.5, 0.6) is 0 Å². The van der Waals surface area contributed by atoms with E-state index in [9.17, 15) is 9.18 Å². The SMILES string of the molecule is [C-]#[N+]c1cc(-c2cc(C(=O)O)c(F)cn2)ccc1-c1ccoc1. The molecule has 1 N–H and O–H groups in total. The number of aromatic nitrogens is 1. The van der Waals surface area contributed by atoms with E-state index in [0.717, 1.165) is 17.8 Å². The van der Waals surface area contributed by atoms with E-state index in [0.29, 0.717) is 16.8 Å². The first-order valence-corrected chi connectivity index (χ1v) is 6.53. The monoisotopic (exact) mass is 308 g/mol. The number of halogens is 1. The Morgan fingerprint density at radius 3 is 2.74 bits per heavy atom. The van der Waals surface area contributed by atoms with Crippen LogP contribution in [0.4, 0.5) is 10.1 Å². The number of carboxylic acids is 1. The summed E-state index contributed by atoms with van der Waals surface area (Å²) >= 11 is 0. The first kappa shape index (κ1) is 14.5. The molecule has 0 amide bonds. The van der Waals surface area contributed by atoms with Crippen LogP contribution in [-0.2, 0) is 0 Å². The molecule has 0 saturated carbocycles. The maximum atomic E-state index is 13.4. The molecule has 1 aromatic carbocycles. The normalized spacial score (nSPS) is 10.3. The number of hydrogen-bond donors (Lipinski definition) is 1. The van der Waals surface area contributed by atoms with E-state index in [2.05, 4.69) is 9.83 Å². The molecule has 2 heterocycles. The van der Waals surface area contributed by atoms with Gasteiger partial charge in [0.1, 0.15) is 0 Å². The topological polar surface area (TPSA) is 67.7 Å². The molecule has 3 aromatic rings. The maximum absolute atomic E-state index is 13.4. The Labute approximate surface area is 130 Å². The van der Waals surface area contributed by atoms with Gasteiger partial charge in [-0.3, -0.25) is 4.98 Å². The minimum absolute atomic E-state index is 0.285. The zero-order valence-electron chi connectivity index (χ0n) is 11.7. The summed E-state index contributed by atoms with van der Waals surface area (Å²) in [7, 11) is 0. The highest BCUT2D eigenvalue weighted by atomic mass is 19.1. The van der Waals surface area contributed by atoms with E-state index >= 15 is 0 Å². The molecule has 3 rings (SSSR count). The first-order chi connectivity index (χ1) is 11.1. The van der Waals surface area contributed by atoms with Gasteiger partial charge in [-0.1, -0.05) is 12.1 Å². The third-order valence-electron chi connectivity index (χ3n) is 3.33. The lowest BCUT2D eigenvalue weighted by atomic mass is 10.0. The van der Waals surface area contributed by atoms with Gasteiger partial charge in [-0.15, -0.1) is 0 Å². The van der Waals surface area contributed by atoms with Gasteiger partial charge in [-0.2, -0.15) is 0 Å². The lowest BCUT2D eigenvalue weighted by Gasteiger charge is -2.07. The van der Waals surface area contributed by atoms with Crippen molar-refractivity contribution in [2.24, 2.45) is 0 Å². The molecular formula is C17H9FN2O3. The summed E-state index contributed by atoms with van der Waals surface area (Å²) in [5.41, 5.74) is 2.18. The molecule has 0 bridgehead atoms. The number of benzene rings is 1. The van der Waals surface area contributed by atoms with E-state index in [-0.39, 0.29) is 5.69 Å². The average Bonchev–Trinajstić information content (AvgIpc) is 3.08. The van der Waals surface area contributed by atoms with Crippen LogP contribution >= 0.6 is 0 Å². The number of hydrogen-bond acceptors (Lipinski definition) is 3. The standard InChI is InChI=1S/C17H9FN2O3/c1-19-16-6-10(2-3-12(16)11-4-5-23-9-11)15-7-13(17(21)22)14(18)8-20-15/h2-9H,(H,21,22). The summed E-state index contributed by atoms with van der Waals surface area (Å²) in [5.74, 6) is -2.27. The molecule has 0 atom stereocenters. The van der Waals surface area contributed by atoms with Gasteiger partial charge in [0.25, 0.3) is 0 Å². The molecule has 0 aliphatic carbocycles. The Kier molecular flexibility index (Phi) is 3.61. The summed E-state index contributed by atoms with van der Waals surface area (Å²) in [6.07, 6.45) is 3.90. The van der Waals surface area contributed by atoms with Gasteiger partial charge in [0.05, 0.1) is 36.6 Å². The highest BCUT2D eigenvalue weighted by Gasteiger charge is 2.14. The van der Waals surface area contributed by atoms with Crippen molar-refractivity contribution in [1.82, 2.24) is 4.98 Å². The minimum atomic E-state index is -1.37. The van der Waals surface area contributed by atoms with E-state index < -0.39 is 17.3 Å². The summed E-state index contributed by atoms with van der Waals surface area (Å²) in [6.45, 7) is 7.31. The molecule has 112 valence electrons. The highest BCUT2D eigenvalue weighted by Crippen LogP contribution is 2.34. The molecule has 0 aliphatic heterocycles. The lowest BCUT2D eigenvalue weighted by molar-refractivity contribution is 0.0691.